The first-order chi connectivity index (χ1) is 35.4. The number of β-amino-alcohol motifs (C(OH)–C–C–N with tert-alkyl or cyclic N) is 1. The molecular formula is C50H51F9N8O8S. The maximum absolute atomic E-state index is 15.5. The molecule has 5 amide bonds. The van der Waals surface area contributed by atoms with Gasteiger partial charge < -0.3 is 40.7 Å². The van der Waals surface area contributed by atoms with Crippen molar-refractivity contribution in [3.63, 3.8) is 0 Å². The summed E-state index contributed by atoms with van der Waals surface area (Å²) in [5.74, 6) is -9.33. The molecule has 2 aliphatic heterocycles. The molecule has 408 valence electrons. The molecule has 3 heterocycles. The minimum Gasteiger partial charge on any atom is -0.488 e. The number of ether oxygens (including phenoxy) is 2. The zero-order chi connectivity index (χ0) is 56.4. The smallest absolute Gasteiger partial charge is 0.420 e. The highest BCUT2D eigenvalue weighted by Crippen LogP contribution is 2.46. The second kappa shape index (κ2) is 22.6. The molecule has 26 heteroatoms. The Morgan fingerprint density at radius 1 is 0.961 bits per heavy atom. The van der Waals surface area contributed by atoms with Crippen molar-refractivity contribution in [2.24, 2.45) is 11.1 Å². The number of hydrogen-bond acceptors (Lipinski definition) is 12. The number of unbranched alkanes of at least 4 members (excludes halogenated alkanes) is 1. The van der Waals surface area contributed by atoms with Crippen LogP contribution in [0.3, 0.4) is 0 Å². The molecule has 0 saturated carbocycles. The molecular weight excluding hydrogens is 1040 g/mol. The number of amides is 5. The topological polar surface area (TPSA) is 221 Å². The van der Waals surface area contributed by atoms with E-state index in [1.165, 1.54) is 36.9 Å². The molecule has 6 rings (SSSR count). The Morgan fingerprint density at radius 2 is 1.59 bits per heavy atom. The number of aliphatic hydroxyl groups excluding tert-OH is 1. The Bertz CT molecular complexity index is 2910. The average molecular weight is 1100 g/mol. The van der Waals surface area contributed by atoms with E-state index in [0.29, 0.717) is 34.7 Å². The monoisotopic (exact) mass is 1090 g/mol. The number of nitriles is 1. The van der Waals surface area contributed by atoms with Crippen LogP contribution < -0.4 is 30.9 Å². The highest BCUT2D eigenvalue weighted by molar-refractivity contribution is 7.81. The first kappa shape index (κ1) is 58.2. The highest BCUT2D eigenvalue weighted by Gasteiger charge is 2.54. The number of halogens is 9. The maximum atomic E-state index is 15.5. The third-order valence-corrected chi connectivity index (χ3v) is 12.9. The second-order valence-electron chi connectivity index (χ2n) is 19.4. The molecule has 4 aromatic rings. The SMILES string of the molecule is CC(C)(C)[C@H](NC(=O)COCCCCOc1c(F)cc(-c2ncc(N3C(S)N(c4ccc(C#N)c(C(F)(F)F)c4F)C(=O)C3(C)C)cc2C(F)(F)F)cc1F)C(=O)N1C[C@H](O)C[C@H]1C(=O)NCc1ccc(C(N)=O)cc1. The third kappa shape index (κ3) is 12.6. The Labute approximate surface area is 434 Å². The number of nitrogens with one attached hydrogen (secondary N) is 2. The Morgan fingerprint density at radius 3 is 2.17 bits per heavy atom. The molecule has 1 aromatic heterocycles. The molecule has 0 radical (unpaired) electrons. The fraction of sp³-hybridized carbons (Fsp3) is 0.420. The van der Waals surface area contributed by atoms with Gasteiger partial charge in [0.15, 0.2) is 28.7 Å². The number of nitrogens with two attached hydrogens (primary N) is 1. The van der Waals surface area contributed by atoms with Crippen molar-refractivity contribution >= 4 is 53.5 Å². The van der Waals surface area contributed by atoms with Gasteiger partial charge in [-0.2, -0.15) is 31.6 Å². The van der Waals surface area contributed by atoms with Crippen LogP contribution in [0.25, 0.3) is 11.3 Å². The number of rotatable bonds is 17. The molecule has 0 spiro atoms. The number of carbonyl (C=O) groups excluding carboxylic acids is 5. The predicted molar refractivity (Wildman–Crippen MR) is 257 cm³/mol. The van der Waals surface area contributed by atoms with Gasteiger partial charge in [-0.05, 0) is 80.1 Å². The van der Waals surface area contributed by atoms with Gasteiger partial charge in [0.1, 0.15) is 29.8 Å². The molecule has 3 aromatic carbocycles. The van der Waals surface area contributed by atoms with Crippen LogP contribution in [0.5, 0.6) is 5.75 Å². The molecule has 0 bridgehead atoms. The zero-order valence-corrected chi connectivity index (χ0v) is 42.1. The van der Waals surface area contributed by atoms with Gasteiger partial charge in [0.05, 0.1) is 53.2 Å². The zero-order valence-electron chi connectivity index (χ0n) is 41.2. The standard InChI is InChI=1S/C50H51F9N8O8S/c1-47(2,3)41(44(72)65-23-30(68)19-35(65)43(71)63-21-25-8-10-26(11-9-25)42(61)70)64-36(69)24-74-14-6-7-15-75-40-32(51)16-28(17-33(40)52)39-31(49(54,55)56)18-29(22-62-39)67-46(76)66(45(73)48(67,4)5)34-13-12-27(20-60)37(38(34)53)50(57,58)59/h8-13,16-18,22,30,35,41,46,68,76H,6-7,14-15,19,21,23-24H2,1-5H3,(H2,61,70)(H,63,71)(H,64,69)/t30-,35+,41-,46?/m1/s1. The van der Waals surface area contributed by atoms with Gasteiger partial charge in [-0.25, -0.2) is 13.2 Å². The van der Waals surface area contributed by atoms with Crippen molar-refractivity contribution in [3.05, 3.63) is 106 Å². The van der Waals surface area contributed by atoms with Crippen LogP contribution in [-0.4, -0.2) is 100 Å². The minimum atomic E-state index is -5.38. The van der Waals surface area contributed by atoms with E-state index < -0.39 is 146 Å². The van der Waals surface area contributed by atoms with Gasteiger partial charge in [-0.3, -0.25) is 33.9 Å². The fourth-order valence-electron chi connectivity index (χ4n) is 8.65. The second-order valence-corrected chi connectivity index (χ2v) is 19.8. The predicted octanol–water partition coefficient (Wildman–Crippen LogP) is 7.00. The maximum Gasteiger partial charge on any atom is 0.420 e. The first-order valence-corrected chi connectivity index (χ1v) is 23.7. The van der Waals surface area contributed by atoms with E-state index in [2.05, 4.69) is 28.2 Å². The summed E-state index contributed by atoms with van der Waals surface area (Å²) in [5, 5.41) is 25.0. The van der Waals surface area contributed by atoms with Crippen molar-refractivity contribution in [1.29, 1.82) is 5.26 Å². The quantitative estimate of drug-likeness (QED) is 0.0412. The fourth-order valence-corrected chi connectivity index (χ4v) is 9.30. The number of nitrogens with zero attached hydrogens (tertiary/aromatic N) is 5. The van der Waals surface area contributed by atoms with Crippen molar-refractivity contribution in [1.82, 2.24) is 20.5 Å². The van der Waals surface area contributed by atoms with Crippen LogP contribution in [0.15, 0.2) is 60.8 Å². The molecule has 0 aliphatic carbocycles. The van der Waals surface area contributed by atoms with E-state index in [1.807, 2.05) is 0 Å². The lowest BCUT2D eigenvalue weighted by Gasteiger charge is -2.35. The number of aromatic nitrogens is 1. The van der Waals surface area contributed by atoms with Crippen molar-refractivity contribution in [2.75, 3.05) is 36.2 Å². The summed E-state index contributed by atoms with van der Waals surface area (Å²) in [6.07, 6.45) is -10.6. The molecule has 1 unspecified atom stereocenters. The number of anilines is 2. The first-order valence-electron chi connectivity index (χ1n) is 23.2. The summed E-state index contributed by atoms with van der Waals surface area (Å²) in [7, 11) is 0. The van der Waals surface area contributed by atoms with Crippen LogP contribution in [0.2, 0.25) is 0 Å². The van der Waals surface area contributed by atoms with E-state index in [4.69, 9.17) is 15.2 Å². The minimum absolute atomic E-state index is 0.0509. The van der Waals surface area contributed by atoms with Crippen LogP contribution in [-0.2, 0) is 42.8 Å². The molecule has 16 nitrogen and oxygen atoms in total. The van der Waals surface area contributed by atoms with E-state index in [-0.39, 0.29) is 51.1 Å². The van der Waals surface area contributed by atoms with Crippen LogP contribution in [0.1, 0.15) is 86.5 Å². The molecule has 4 atom stereocenters. The van der Waals surface area contributed by atoms with Gasteiger partial charge >= 0.3 is 12.4 Å². The van der Waals surface area contributed by atoms with E-state index in [1.54, 1.807) is 32.9 Å². The summed E-state index contributed by atoms with van der Waals surface area (Å²) in [5.41, 5.74) is -6.06. The van der Waals surface area contributed by atoms with E-state index in [0.717, 1.165) is 17.2 Å². The Hall–Kier alpha value is -7.11. The third-order valence-electron chi connectivity index (χ3n) is 12.5. The number of likely N-dealkylation sites (tertiary alicyclic amines) is 1. The van der Waals surface area contributed by atoms with Gasteiger partial charge in [0, 0.05) is 37.2 Å². The van der Waals surface area contributed by atoms with E-state index >= 15 is 13.2 Å². The lowest BCUT2D eigenvalue weighted by atomic mass is 9.85. The summed E-state index contributed by atoms with van der Waals surface area (Å²) in [4.78, 5) is 71.6. The molecule has 2 saturated heterocycles. The molecule has 5 N–H and O–H groups in total. The van der Waals surface area contributed by atoms with Gasteiger partial charge in [0.25, 0.3) is 5.91 Å². The van der Waals surface area contributed by atoms with Gasteiger partial charge in [-0.15, -0.1) is 12.6 Å². The summed E-state index contributed by atoms with van der Waals surface area (Å²) in [6, 6.07) is 8.12. The normalized spacial score (nSPS) is 18.1. The van der Waals surface area contributed by atoms with Gasteiger partial charge in [-0.1, -0.05) is 32.9 Å². The number of primary amides is 1. The molecule has 2 fully saturated rings. The number of pyridine rings is 1. The Balaban J connectivity index is 1.04. The van der Waals surface area contributed by atoms with Crippen molar-refractivity contribution < 1.29 is 78.1 Å². The van der Waals surface area contributed by atoms with Crippen LogP contribution in [0.4, 0.5) is 50.9 Å². The van der Waals surface area contributed by atoms with E-state index in [9.17, 15) is 60.7 Å². The summed E-state index contributed by atoms with van der Waals surface area (Å²) >= 11 is 4.28. The Kier molecular flexibility index (Phi) is 17.3. The average Bonchev–Trinajstić information content (AvgIpc) is 3.81. The lowest BCUT2D eigenvalue weighted by molar-refractivity contribution is -0.144. The molecule has 76 heavy (non-hydrogen) atoms. The molecule has 2 aliphatic rings. The largest absolute Gasteiger partial charge is 0.488 e. The lowest BCUT2D eigenvalue weighted by Crippen LogP contribution is -2.58. The number of aliphatic hydroxyl groups is 1. The number of alkyl halides is 6. The highest BCUT2D eigenvalue weighted by atomic mass is 32.1. The number of benzene rings is 3. The summed E-state index contributed by atoms with van der Waals surface area (Å²) < 4.78 is 143. The summed E-state index contributed by atoms with van der Waals surface area (Å²) in [6.45, 7) is 6.39. The van der Waals surface area contributed by atoms with Crippen LogP contribution >= 0.6 is 12.6 Å². The van der Waals surface area contributed by atoms with Crippen molar-refractivity contribution in [3.8, 4) is 23.1 Å². The number of carbonyl (C=O) groups is 5. The number of hydrogen-bond donors (Lipinski definition) is 5. The van der Waals surface area contributed by atoms with Crippen LogP contribution in [0, 0.1) is 34.2 Å². The number of thiol groups is 1. The van der Waals surface area contributed by atoms with Gasteiger partial charge in [0.2, 0.25) is 23.6 Å². The van der Waals surface area contributed by atoms with Crippen molar-refractivity contribution in [2.45, 2.75) is 102 Å².